The first-order chi connectivity index (χ1) is 14.6. The van der Waals surface area contributed by atoms with Crippen LogP contribution in [0.5, 0.6) is 0 Å². The van der Waals surface area contributed by atoms with Gasteiger partial charge in [-0.1, -0.05) is 24.3 Å². The van der Waals surface area contributed by atoms with Crippen LogP contribution < -0.4 is 5.56 Å². The molecule has 3 aromatic heterocycles. The molecule has 0 bridgehead atoms. The summed E-state index contributed by atoms with van der Waals surface area (Å²) in [6.07, 6.45) is 2.12. The van der Waals surface area contributed by atoms with Gasteiger partial charge in [-0.05, 0) is 41.4 Å². The van der Waals surface area contributed by atoms with Crippen molar-refractivity contribution in [2.24, 2.45) is 5.10 Å². The van der Waals surface area contributed by atoms with Crippen molar-refractivity contribution in [3.8, 4) is 0 Å². The van der Waals surface area contributed by atoms with Gasteiger partial charge < -0.3 is 0 Å². The highest BCUT2D eigenvalue weighted by atomic mass is 32.1. The second kappa shape index (κ2) is 7.62. The summed E-state index contributed by atoms with van der Waals surface area (Å²) >= 11 is 3.22. The molecule has 5 rings (SSSR count). The number of aromatic nitrogens is 2. The van der Waals surface area contributed by atoms with E-state index < -0.39 is 0 Å². The molecule has 0 radical (unpaired) electrons. The molecule has 1 aromatic carbocycles. The average molecular weight is 435 g/mol. The van der Waals surface area contributed by atoms with Gasteiger partial charge >= 0.3 is 0 Å². The maximum Gasteiger partial charge on any atom is 0.263 e. The summed E-state index contributed by atoms with van der Waals surface area (Å²) in [5.41, 5.74) is 2.29. The van der Waals surface area contributed by atoms with Crippen LogP contribution in [0.3, 0.4) is 0 Å². The van der Waals surface area contributed by atoms with Gasteiger partial charge in [-0.15, -0.1) is 22.7 Å². The molecule has 1 aliphatic heterocycles. The minimum atomic E-state index is -0.226. The molecule has 0 aliphatic carbocycles. The van der Waals surface area contributed by atoms with Crippen molar-refractivity contribution >= 4 is 45.2 Å². The second-order valence-electron chi connectivity index (χ2n) is 7.15. The monoisotopic (exact) mass is 434 g/mol. The maximum atomic E-state index is 13.2. The number of hydrazone groups is 1. The van der Waals surface area contributed by atoms with Gasteiger partial charge in [0.2, 0.25) is 0 Å². The van der Waals surface area contributed by atoms with Crippen LogP contribution in [0.15, 0.2) is 69.4 Å². The molecule has 30 heavy (non-hydrogen) atoms. The largest absolute Gasteiger partial charge is 0.289 e. The van der Waals surface area contributed by atoms with Crippen LogP contribution in [0.4, 0.5) is 0 Å². The molecule has 150 valence electrons. The molecule has 1 aliphatic rings. The predicted molar refractivity (Wildman–Crippen MR) is 120 cm³/mol. The molecule has 0 fully saturated rings. The molecule has 8 heteroatoms. The smallest absolute Gasteiger partial charge is 0.263 e. The number of thiophene rings is 2. The molecule has 4 aromatic rings. The van der Waals surface area contributed by atoms with E-state index in [0.717, 1.165) is 21.0 Å². The second-order valence-corrected chi connectivity index (χ2v) is 9.07. The Labute approximate surface area is 180 Å². The van der Waals surface area contributed by atoms with Gasteiger partial charge in [0.05, 0.1) is 33.9 Å². The third-order valence-electron chi connectivity index (χ3n) is 5.20. The van der Waals surface area contributed by atoms with Crippen molar-refractivity contribution < 1.29 is 4.79 Å². The van der Waals surface area contributed by atoms with Crippen molar-refractivity contribution in [2.45, 2.75) is 25.9 Å². The van der Waals surface area contributed by atoms with E-state index in [0.29, 0.717) is 17.3 Å². The maximum absolute atomic E-state index is 13.2. The van der Waals surface area contributed by atoms with Crippen molar-refractivity contribution in [1.29, 1.82) is 0 Å². The van der Waals surface area contributed by atoms with Crippen LogP contribution in [0, 0.1) is 6.92 Å². The Kier molecular flexibility index (Phi) is 4.80. The number of carbonyl (C=O) groups is 1. The van der Waals surface area contributed by atoms with E-state index in [-0.39, 0.29) is 24.1 Å². The van der Waals surface area contributed by atoms with Crippen LogP contribution in [-0.4, -0.2) is 26.2 Å². The van der Waals surface area contributed by atoms with Crippen molar-refractivity contribution in [3.63, 3.8) is 0 Å². The van der Waals surface area contributed by atoms with Gasteiger partial charge in [-0.3, -0.25) is 14.2 Å². The highest BCUT2D eigenvalue weighted by Crippen LogP contribution is 2.36. The number of hydrogen-bond acceptors (Lipinski definition) is 6. The Morgan fingerprint density at radius 1 is 1.13 bits per heavy atom. The standard InChI is InChI=1S/C22H18N4O2S2/c1-14-5-2-6-15-21(14)23-13-25(22(15)28)12-20(27)26-17(19-8-4-10-30-19)11-16(24-26)18-7-3-9-29-18/h2-10,13,17H,11-12H2,1H3. The fourth-order valence-corrected chi connectivity index (χ4v) is 5.24. The van der Waals surface area contributed by atoms with Crippen molar-refractivity contribution in [1.82, 2.24) is 14.6 Å². The van der Waals surface area contributed by atoms with Gasteiger partial charge in [0, 0.05) is 11.3 Å². The number of amides is 1. The zero-order valence-electron chi connectivity index (χ0n) is 16.2. The quantitative estimate of drug-likeness (QED) is 0.483. The van der Waals surface area contributed by atoms with Gasteiger partial charge in [0.1, 0.15) is 6.54 Å². The lowest BCUT2D eigenvalue weighted by atomic mass is 10.1. The number of aryl methyl sites for hydroxylation is 1. The fourth-order valence-electron chi connectivity index (χ4n) is 3.70. The molecule has 0 saturated heterocycles. The Bertz CT molecular complexity index is 1310. The highest BCUT2D eigenvalue weighted by molar-refractivity contribution is 7.12. The number of para-hydroxylation sites is 1. The third kappa shape index (κ3) is 3.28. The van der Waals surface area contributed by atoms with E-state index >= 15 is 0 Å². The summed E-state index contributed by atoms with van der Waals surface area (Å²) in [5.74, 6) is -0.226. The minimum Gasteiger partial charge on any atom is -0.289 e. The number of fused-ring (bicyclic) bond motifs is 1. The van der Waals surface area contributed by atoms with Crippen LogP contribution in [-0.2, 0) is 11.3 Å². The van der Waals surface area contributed by atoms with Gasteiger partial charge in [-0.2, -0.15) is 5.10 Å². The zero-order valence-corrected chi connectivity index (χ0v) is 17.8. The van der Waals surface area contributed by atoms with E-state index in [1.807, 2.05) is 54.1 Å². The summed E-state index contributed by atoms with van der Waals surface area (Å²) in [5, 5.41) is 10.7. The minimum absolute atomic E-state index is 0.0984. The average Bonchev–Trinajstić information content (AvgIpc) is 3.50. The number of hydrogen-bond donors (Lipinski definition) is 0. The van der Waals surface area contributed by atoms with E-state index in [9.17, 15) is 9.59 Å². The van der Waals surface area contributed by atoms with E-state index in [1.54, 1.807) is 28.7 Å². The number of carbonyl (C=O) groups excluding carboxylic acids is 1. The highest BCUT2D eigenvalue weighted by Gasteiger charge is 2.34. The molecule has 4 heterocycles. The zero-order chi connectivity index (χ0) is 20.7. The molecule has 1 atom stereocenters. The number of benzene rings is 1. The Balaban J connectivity index is 1.49. The number of nitrogens with zero attached hydrogens (tertiary/aromatic N) is 4. The predicted octanol–water partition coefficient (Wildman–Crippen LogP) is 4.21. The molecule has 1 unspecified atom stereocenters. The van der Waals surface area contributed by atoms with Crippen LogP contribution >= 0.6 is 22.7 Å². The van der Waals surface area contributed by atoms with Crippen molar-refractivity contribution in [3.05, 3.63) is 85.2 Å². The van der Waals surface area contributed by atoms with Gasteiger partial charge in [-0.25, -0.2) is 9.99 Å². The van der Waals surface area contributed by atoms with Crippen LogP contribution in [0.2, 0.25) is 0 Å². The van der Waals surface area contributed by atoms with Crippen molar-refractivity contribution in [2.75, 3.05) is 0 Å². The molecule has 0 N–H and O–H groups in total. The first kappa shape index (κ1) is 18.9. The van der Waals surface area contributed by atoms with E-state index in [1.165, 1.54) is 15.9 Å². The Morgan fingerprint density at radius 3 is 2.73 bits per heavy atom. The fraction of sp³-hybridized carbons (Fsp3) is 0.182. The summed E-state index contributed by atoms with van der Waals surface area (Å²) < 4.78 is 1.37. The normalized spacial score (nSPS) is 16.2. The lowest BCUT2D eigenvalue weighted by Gasteiger charge is -2.21. The lowest BCUT2D eigenvalue weighted by molar-refractivity contribution is -0.133. The summed E-state index contributed by atoms with van der Waals surface area (Å²) in [6, 6.07) is 13.3. The molecule has 1 amide bonds. The van der Waals surface area contributed by atoms with E-state index in [4.69, 9.17) is 0 Å². The van der Waals surface area contributed by atoms with E-state index in [2.05, 4.69) is 10.1 Å². The molecule has 6 nitrogen and oxygen atoms in total. The number of rotatable bonds is 4. The molecular weight excluding hydrogens is 416 g/mol. The SMILES string of the molecule is Cc1cccc2c(=O)n(CC(=O)N3N=C(c4cccs4)CC3c3cccs3)cnc12. The van der Waals surface area contributed by atoms with Crippen LogP contribution in [0.25, 0.3) is 10.9 Å². The molecule has 0 spiro atoms. The lowest BCUT2D eigenvalue weighted by Crippen LogP contribution is -2.33. The van der Waals surface area contributed by atoms with Gasteiger partial charge in [0.25, 0.3) is 11.5 Å². The summed E-state index contributed by atoms with van der Waals surface area (Å²) in [4.78, 5) is 32.7. The summed E-state index contributed by atoms with van der Waals surface area (Å²) in [7, 11) is 0. The Morgan fingerprint density at radius 2 is 1.97 bits per heavy atom. The van der Waals surface area contributed by atoms with Crippen LogP contribution in [0.1, 0.15) is 27.8 Å². The first-order valence-corrected chi connectivity index (χ1v) is 11.3. The molecule has 0 saturated carbocycles. The molecular formula is C22H18N4O2S2. The first-order valence-electron chi connectivity index (χ1n) is 9.53. The summed E-state index contributed by atoms with van der Waals surface area (Å²) in [6.45, 7) is 1.82. The Hall–Kier alpha value is -3.10. The topological polar surface area (TPSA) is 67.6 Å². The van der Waals surface area contributed by atoms with Gasteiger partial charge in [0.15, 0.2) is 0 Å². The third-order valence-corrected chi connectivity index (χ3v) is 7.10.